The van der Waals surface area contributed by atoms with Gasteiger partial charge in [-0.1, -0.05) is 0 Å². The summed E-state index contributed by atoms with van der Waals surface area (Å²) < 4.78 is 12.3. The van der Waals surface area contributed by atoms with Crippen molar-refractivity contribution in [3.8, 4) is 17.1 Å². The summed E-state index contributed by atoms with van der Waals surface area (Å²) in [7, 11) is 3.29. The largest absolute Gasteiger partial charge is 0.497 e. The van der Waals surface area contributed by atoms with Gasteiger partial charge in [0.25, 0.3) is 0 Å². The molecule has 1 unspecified atom stereocenters. The Morgan fingerprint density at radius 1 is 1.24 bits per heavy atom. The zero-order valence-electron chi connectivity index (χ0n) is 19.0. The molecule has 3 aromatic rings. The minimum absolute atomic E-state index is 0. The van der Waals surface area contributed by atoms with Gasteiger partial charge in [-0.05, 0) is 37.6 Å². The summed E-state index contributed by atoms with van der Waals surface area (Å²) >= 11 is 0. The lowest BCUT2D eigenvalue weighted by molar-refractivity contribution is 0.177. The van der Waals surface area contributed by atoms with E-state index in [0.29, 0.717) is 24.8 Å². The van der Waals surface area contributed by atoms with Crippen LogP contribution in [-0.2, 0) is 30.9 Å². The van der Waals surface area contributed by atoms with Crippen molar-refractivity contribution in [2.75, 3.05) is 20.8 Å². The van der Waals surface area contributed by atoms with E-state index in [1.165, 1.54) is 0 Å². The molecule has 3 heterocycles. The van der Waals surface area contributed by atoms with Crippen molar-refractivity contribution in [3.05, 3.63) is 41.7 Å². The van der Waals surface area contributed by atoms with E-state index in [4.69, 9.17) is 9.47 Å². The molecule has 0 bridgehead atoms. The fourth-order valence-electron chi connectivity index (χ4n) is 3.57. The second-order valence-electron chi connectivity index (χ2n) is 7.47. The maximum absolute atomic E-state index is 5.20. The Morgan fingerprint density at radius 2 is 2.06 bits per heavy atom. The SMILES string of the molecule is CCNC(=NCc1nc(-c2ccc(OC)cc2)n[nH]1)NC1CCc2nc(COC)nn2C1.I. The highest BCUT2D eigenvalue weighted by atomic mass is 127. The molecule has 1 aromatic carbocycles. The molecule has 12 heteroatoms. The number of rotatable bonds is 8. The van der Waals surface area contributed by atoms with E-state index in [2.05, 4.69) is 40.9 Å². The van der Waals surface area contributed by atoms with E-state index in [1.54, 1.807) is 14.2 Å². The summed E-state index contributed by atoms with van der Waals surface area (Å²) in [5.74, 6) is 4.59. The minimum Gasteiger partial charge on any atom is -0.497 e. The van der Waals surface area contributed by atoms with Crippen LogP contribution in [0.5, 0.6) is 5.75 Å². The molecule has 0 saturated heterocycles. The summed E-state index contributed by atoms with van der Waals surface area (Å²) in [6.45, 7) is 4.36. The Kier molecular flexibility index (Phi) is 9.00. The number of nitrogens with one attached hydrogen (secondary N) is 3. The number of benzene rings is 1. The maximum atomic E-state index is 5.20. The zero-order chi connectivity index (χ0) is 22.3. The number of H-pyrrole nitrogens is 1. The number of aliphatic imine (C=N–C) groups is 1. The van der Waals surface area contributed by atoms with Gasteiger partial charge in [0.05, 0.1) is 13.7 Å². The van der Waals surface area contributed by atoms with E-state index in [9.17, 15) is 0 Å². The van der Waals surface area contributed by atoms with Crippen molar-refractivity contribution < 1.29 is 9.47 Å². The molecule has 0 amide bonds. The van der Waals surface area contributed by atoms with Crippen LogP contribution >= 0.6 is 24.0 Å². The number of fused-ring (bicyclic) bond motifs is 1. The number of methoxy groups -OCH3 is 2. The van der Waals surface area contributed by atoms with Crippen LogP contribution in [0.15, 0.2) is 29.3 Å². The summed E-state index contributed by atoms with van der Waals surface area (Å²) in [5.41, 5.74) is 0.918. The molecule has 0 radical (unpaired) electrons. The quantitative estimate of drug-likeness (QED) is 0.214. The number of aromatic amines is 1. The molecule has 0 fully saturated rings. The average Bonchev–Trinajstić information content (AvgIpc) is 3.44. The molecule has 0 spiro atoms. The van der Waals surface area contributed by atoms with Gasteiger partial charge in [0.15, 0.2) is 17.6 Å². The fourth-order valence-corrected chi connectivity index (χ4v) is 3.57. The summed E-state index contributed by atoms with van der Waals surface area (Å²) in [6, 6.07) is 7.85. The van der Waals surface area contributed by atoms with Crippen LogP contribution in [0, 0.1) is 0 Å². The lowest BCUT2D eigenvalue weighted by Crippen LogP contribution is -2.47. The van der Waals surface area contributed by atoms with Crippen LogP contribution in [-0.4, -0.2) is 62.7 Å². The molecule has 11 nitrogen and oxygen atoms in total. The summed E-state index contributed by atoms with van der Waals surface area (Å²) in [4.78, 5) is 13.8. The maximum Gasteiger partial charge on any atom is 0.191 e. The zero-order valence-corrected chi connectivity index (χ0v) is 21.4. The number of halogens is 1. The van der Waals surface area contributed by atoms with Gasteiger partial charge >= 0.3 is 0 Å². The Labute approximate surface area is 209 Å². The molecule has 2 aromatic heterocycles. The average molecular weight is 567 g/mol. The first kappa shape index (κ1) is 24.9. The van der Waals surface area contributed by atoms with Crippen LogP contribution in [0.2, 0.25) is 0 Å². The number of aromatic nitrogens is 6. The van der Waals surface area contributed by atoms with Crippen LogP contribution in [0.4, 0.5) is 0 Å². The smallest absolute Gasteiger partial charge is 0.191 e. The van der Waals surface area contributed by atoms with Crippen LogP contribution in [0.3, 0.4) is 0 Å². The van der Waals surface area contributed by atoms with Gasteiger partial charge in [-0.2, -0.15) is 10.2 Å². The number of nitrogens with zero attached hydrogens (tertiary/aromatic N) is 6. The number of hydrogen-bond acceptors (Lipinski definition) is 7. The lowest BCUT2D eigenvalue weighted by Gasteiger charge is -2.25. The third-order valence-corrected chi connectivity index (χ3v) is 5.13. The van der Waals surface area contributed by atoms with Gasteiger partial charge in [-0.25, -0.2) is 19.6 Å². The third kappa shape index (κ3) is 6.41. The fraction of sp³-hybridized carbons (Fsp3) is 0.476. The highest BCUT2D eigenvalue weighted by molar-refractivity contribution is 14.0. The summed E-state index contributed by atoms with van der Waals surface area (Å²) in [5, 5.41) is 18.6. The minimum atomic E-state index is 0. The molecule has 0 saturated carbocycles. The predicted molar refractivity (Wildman–Crippen MR) is 135 cm³/mol. The Morgan fingerprint density at radius 3 is 2.79 bits per heavy atom. The van der Waals surface area contributed by atoms with Gasteiger partial charge in [0.2, 0.25) is 0 Å². The molecule has 1 atom stereocenters. The number of aryl methyl sites for hydroxylation is 1. The number of guanidine groups is 1. The first-order valence-corrected chi connectivity index (χ1v) is 10.7. The second-order valence-corrected chi connectivity index (χ2v) is 7.47. The molecular formula is C21H30IN9O2. The predicted octanol–water partition coefficient (Wildman–Crippen LogP) is 1.91. The monoisotopic (exact) mass is 567 g/mol. The van der Waals surface area contributed by atoms with E-state index in [-0.39, 0.29) is 30.0 Å². The lowest BCUT2D eigenvalue weighted by atomic mass is 10.1. The molecular weight excluding hydrogens is 537 g/mol. The Balaban J connectivity index is 0.00000306. The van der Waals surface area contributed by atoms with Gasteiger partial charge < -0.3 is 20.1 Å². The molecule has 33 heavy (non-hydrogen) atoms. The Hall–Kier alpha value is -2.74. The number of hydrogen-bond donors (Lipinski definition) is 3. The molecule has 1 aliphatic heterocycles. The Bertz CT molecular complexity index is 1050. The van der Waals surface area contributed by atoms with E-state index in [1.807, 2.05) is 35.9 Å². The van der Waals surface area contributed by atoms with Gasteiger partial charge in [-0.15, -0.1) is 24.0 Å². The van der Waals surface area contributed by atoms with Crippen molar-refractivity contribution >= 4 is 29.9 Å². The third-order valence-electron chi connectivity index (χ3n) is 5.13. The van der Waals surface area contributed by atoms with Crippen molar-refractivity contribution in [1.29, 1.82) is 0 Å². The van der Waals surface area contributed by atoms with Crippen LogP contribution < -0.4 is 15.4 Å². The van der Waals surface area contributed by atoms with Crippen molar-refractivity contribution in [2.45, 2.75) is 45.5 Å². The van der Waals surface area contributed by atoms with Crippen LogP contribution in [0.1, 0.15) is 30.8 Å². The van der Waals surface area contributed by atoms with Crippen molar-refractivity contribution in [2.24, 2.45) is 4.99 Å². The molecule has 178 valence electrons. The van der Waals surface area contributed by atoms with E-state index >= 15 is 0 Å². The van der Waals surface area contributed by atoms with Crippen molar-refractivity contribution in [3.63, 3.8) is 0 Å². The van der Waals surface area contributed by atoms with Gasteiger partial charge in [0, 0.05) is 31.7 Å². The molecule has 1 aliphatic rings. The normalized spacial score (nSPS) is 15.5. The standard InChI is InChI=1S/C21H29N9O2.HI/c1-4-22-21(24-15-7-10-19-25-18(13-31-2)29-30(19)12-15)23-11-17-26-20(28-27-17)14-5-8-16(32-3)9-6-14;/h5-6,8-9,15H,4,7,10-13H2,1-3H3,(H2,22,23,24)(H,26,27,28);1H. The molecule has 3 N–H and O–H groups in total. The second kappa shape index (κ2) is 11.9. The van der Waals surface area contributed by atoms with Crippen LogP contribution in [0.25, 0.3) is 11.4 Å². The summed E-state index contributed by atoms with van der Waals surface area (Å²) in [6.07, 6.45) is 1.82. The van der Waals surface area contributed by atoms with Gasteiger partial charge in [-0.3, -0.25) is 5.10 Å². The number of ether oxygens (including phenoxy) is 2. The van der Waals surface area contributed by atoms with Crippen molar-refractivity contribution in [1.82, 2.24) is 40.6 Å². The highest BCUT2D eigenvalue weighted by Crippen LogP contribution is 2.19. The molecule has 0 aliphatic carbocycles. The first-order valence-electron chi connectivity index (χ1n) is 10.7. The highest BCUT2D eigenvalue weighted by Gasteiger charge is 2.22. The molecule has 4 rings (SSSR count). The topological polar surface area (TPSA) is 127 Å². The van der Waals surface area contributed by atoms with E-state index in [0.717, 1.165) is 54.9 Å². The van der Waals surface area contributed by atoms with E-state index < -0.39 is 0 Å². The van der Waals surface area contributed by atoms with Gasteiger partial charge in [0.1, 0.15) is 30.5 Å². The first-order chi connectivity index (χ1) is 15.7.